The van der Waals surface area contributed by atoms with E-state index in [1.54, 1.807) is 0 Å². The van der Waals surface area contributed by atoms with Crippen molar-refractivity contribution < 1.29 is 22.4 Å². The molecule has 2 saturated heterocycles. The molecule has 9 nitrogen and oxygen atoms in total. The highest BCUT2D eigenvalue weighted by Gasteiger charge is 2.51. The zero-order valence-electron chi connectivity index (χ0n) is 17.1. The first-order valence-electron chi connectivity index (χ1n) is 10.7. The van der Waals surface area contributed by atoms with Crippen LogP contribution in [0.1, 0.15) is 43.8 Å². The zero-order valence-corrected chi connectivity index (χ0v) is 17.9. The molecule has 31 heavy (non-hydrogen) atoms. The Morgan fingerprint density at radius 2 is 1.94 bits per heavy atom. The van der Waals surface area contributed by atoms with E-state index >= 15 is 0 Å². The number of urea groups is 1. The highest BCUT2D eigenvalue weighted by Crippen LogP contribution is 2.37. The molecule has 3 amide bonds. The summed E-state index contributed by atoms with van der Waals surface area (Å²) in [5.41, 5.74) is -0.0197. The number of amides is 3. The number of carbonyl (C=O) groups is 2. The van der Waals surface area contributed by atoms with E-state index in [-0.39, 0.29) is 24.3 Å². The summed E-state index contributed by atoms with van der Waals surface area (Å²) < 4.78 is 35.8. The summed E-state index contributed by atoms with van der Waals surface area (Å²) in [7, 11) is -3.60. The van der Waals surface area contributed by atoms with Crippen LogP contribution in [-0.2, 0) is 15.0 Å². The van der Waals surface area contributed by atoms with Crippen molar-refractivity contribution in [3.8, 4) is 0 Å². The monoisotopic (exact) mass is 446 g/mol. The summed E-state index contributed by atoms with van der Waals surface area (Å²) in [6.07, 6.45) is 3.07. The van der Waals surface area contributed by atoms with Gasteiger partial charge in [-0.1, -0.05) is 18.2 Å². The predicted molar refractivity (Wildman–Crippen MR) is 113 cm³/mol. The van der Waals surface area contributed by atoms with Crippen LogP contribution in [0.5, 0.6) is 0 Å². The third kappa shape index (κ3) is 3.83. The fraction of sp³-hybridized carbons (Fsp3) is 0.524. The molecule has 1 aromatic carbocycles. The molecule has 3 aliphatic rings. The Kier molecular flexibility index (Phi) is 5.03. The molecule has 2 aliphatic heterocycles. The van der Waals surface area contributed by atoms with Gasteiger partial charge in [0.15, 0.2) is 0 Å². The molecule has 1 aromatic heterocycles. The van der Waals surface area contributed by atoms with Crippen molar-refractivity contribution in [3.05, 3.63) is 36.1 Å². The van der Waals surface area contributed by atoms with Crippen LogP contribution in [0.2, 0.25) is 0 Å². The molecular weight excluding hydrogens is 420 g/mol. The van der Waals surface area contributed by atoms with Gasteiger partial charge in [-0.3, -0.25) is 10.1 Å². The fourth-order valence-electron chi connectivity index (χ4n) is 5.07. The van der Waals surface area contributed by atoms with Gasteiger partial charge in [0.05, 0.1) is 0 Å². The van der Waals surface area contributed by atoms with Crippen molar-refractivity contribution in [1.82, 2.24) is 19.7 Å². The fourth-order valence-corrected chi connectivity index (χ4v) is 6.39. The van der Waals surface area contributed by atoms with Crippen LogP contribution in [0.15, 0.2) is 34.7 Å². The Labute approximate surface area is 180 Å². The van der Waals surface area contributed by atoms with Crippen LogP contribution in [0, 0.1) is 5.92 Å². The third-order valence-corrected chi connectivity index (χ3v) is 8.40. The van der Waals surface area contributed by atoms with E-state index in [1.165, 1.54) is 4.31 Å². The van der Waals surface area contributed by atoms with E-state index in [4.69, 9.17) is 4.42 Å². The number of hydrogen-bond acceptors (Lipinski definition) is 5. The molecule has 1 saturated carbocycles. The van der Waals surface area contributed by atoms with Gasteiger partial charge >= 0.3 is 6.03 Å². The van der Waals surface area contributed by atoms with Crippen LogP contribution in [-0.4, -0.2) is 49.8 Å². The summed E-state index contributed by atoms with van der Waals surface area (Å²) in [6.45, 7) is 1.13. The van der Waals surface area contributed by atoms with Gasteiger partial charge in [-0.05, 0) is 50.2 Å². The van der Waals surface area contributed by atoms with E-state index in [0.717, 1.165) is 16.7 Å². The second-order valence-corrected chi connectivity index (χ2v) is 10.6. The number of furan rings is 1. The van der Waals surface area contributed by atoms with E-state index in [0.29, 0.717) is 45.2 Å². The summed E-state index contributed by atoms with van der Waals surface area (Å²) >= 11 is 0. The summed E-state index contributed by atoms with van der Waals surface area (Å²) in [5, 5.41) is 6.05. The minimum Gasteiger partial charge on any atom is -0.461 e. The highest BCUT2D eigenvalue weighted by atomic mass is 32.2. The minimum absolute atomic E-state index is 0.00649. The zero-order chi connectivity index (χ0) is 21.6. The maximum Gasteiger partial charge on any atom is 0.322 e. The molecule has 1 spiro atoms. The van der Waals surface area contributed by atoms with E-state index < -0.39 is 21.8 Å². The van der Waals surface area contributed by atoms with E-state index in [9.17, 15) is 18.0 Å². The minimum atomic E-state index is -3.60. The van der Waals surface area contributed by atoms with Crippen molar-refractivity contribution in [2.45, 2.75) is 43.6 Å². The molecule has 10 heteroatoms. The molecule has 3 N–H and O–H groups in total. The van der Waals surface area contributed by atoms with Crippen molar-refractivity contribution in [1.29, 1.82) is 0 Å². The molecule has 166 valence electrons. The van der Waals surface area contributed by atoms with Crippen LogP contribution in [0.25, 0.3) is 11.0 Å². The quantitative estimate of drug-likeness (QED) is 0.605. The Bertz CT molecular complexity index is 1090. The number of imide groups is 1. The lowest BCUT2D eigenvalue weighted by Gasteiger charge is -2.30. The number of hydrogen-bond donors (Lipinski definition) is 3. The van der Waals surface area contributed by atoms with Crippen LogP contribution >= 0.6 is 0 Å². The summed E-state index contributed by atoms with van der Waals surface area (Å²) in [6, 6.07) is 9.45. The molecular formula is C21H26N4O5S. The Balaban J connectivity index is 1.15. The smallest absolute Gasteiger partial charge is 0.322 e. The van der Waals surface area contributed by atoms with Gasteiger partial charge in [-0.2, -0.15) is 12.7 Å². The van der Waals surface area contributed by atoms with E-state index in [2.05, 4.69) is 21.4 Å². The number of carbonyl (C=O) groups excluding carboxylic acids is 2. The first-order valence-corrected chi connectivity index (χ1v) is 12.2. The lowest BCUT2D eigenvalue weighted by molar-refractivity contribution is -0.123. The SMILES string of the molecule is O=C1NC(=O)C2(CCC(CNS(=O)(=O)N3CCC(c4cc5ccccc5o4)CC3)C2)N1. The van der Waals surface area contributed by atoms with Gasteiger partial charge < -0.3 is 9.73 Å². The normalized spacial score (nSPS) is 27.8. The molecule has 3 fully saturated rings. The maximum absolute atomic E-state index is 12.8. The van der Waals surface area contributed by atoms with Gasteiger partial charge in [0, 0.05) is 30.9 Å². The number of nitrogens with zero attached hydrogens (tertiary/aromatic N) is 1. The number of piperidine rings is 1. The molecule has 0 bridgehead atoms. The van der Waals surface area contributed by atoms with Gasteiger partial charge in [0.25, 0.3) is 16.1 Å². The number of rotatable bonds is 5. The number of benzene rings is 1. The Morgan fingerprint density at radius 1 is 1.16 bits per heavy atom. The van der Waals surface area contributed by atoms with Gasteiger partial charge in [0.1, 0.15) is 16.9 Å². The Morgan fingerprint density at radius 3 is 2.65 bits per heavy atom. The Hall–Kier alpha value is -2.43. The number of nitrogens with one attached hydrogen (secondary N) is 3. The molecule has 5 rings (SSSR count). The summed E-state index contributed by atoms with van der Waals surface area (Å²) in [4.78, 5) is 23.5. The first-order chi connectivity index (χ1) is 14.8. The lowest BCUT2D eigenvalue weighted by Crippen LogP contribution is -2.47. The van der Waals surface area contributed by atoms with E-state index in [1.807, 2.05) is 24.3 Å². The van der Waals surface area contributed by atoms with Crippen molar-refractivity contribution >= 4 is 33.1 Å². The third-order valence-electron chi connectivity index (χ3n) is 6.83. The first kappa shape index (κ1) is 20.5. The van der Waals surface area contributed by atoms with Gasteiger partial charge in [-0.15, -0.1) is 0 Å². The molecule has 2 aromatic rings. The predicted octanol–water partition coefficient (Wildman–Crippen LogP) is 1.82. The molecule has 2 unspecified atom stereocenters. The van der Waals surface area contributed by atoms with Crippen LogP contribution in [0.4, 0.5) is 4.79 Å². The molecule has 0 radical (unpaired) electrons. The number of fused-ring (bicyclic) bond motifs is 1. The second kappa shape index (κ2) is 7.61. The summed E-state index contributed by atoms with van der Waals surface area (Å²) in [5.74, 6) is 0.819. The van der Waals surface area contributed by atoms with Crippen molar-refractivity contribution in [3.63, 3.8) is 0 Å². The van der Waals surface area contributed by atoms with Crippen molar-refractivity contribution in [2.75, 3.05) is 19.6 Å². The second-order valence-electron chi connectivity index (χ2n) is 8.81. The average Bonchev–Trinajstić information content (AvgIpc) is 3.44. The lowest BCUT2D eigenvalue weighted by atomic mass is 9.95. The number of para-hydroxylation sites is 1. The van der Waals surface area contributed by atoms with Gasteiger partial charge in [0.2, 0.25) is 0 Å². The molecule has 3 heterocycles. The largest absolute Gasteiger partial charge is 0.461 e. The molecule has 2 atom stereocenters. The van der Waals surface area contributed by atoms with Gasteiger partial charge in [-0.25, -0.2) is 9.52 Å². The molecule has 1 aliphatic carbocycles. The highest BCUT2D eigenvalue weighted by molar-refractivity contribution is 7.87. The standard InChI is InChI=1S/C21H26N4O5S/c26-19-21(24-20(27)23-19)8-5-14(12-21)13-22-31(28,29)25-9-6-15(7-10-25)18-11-16-3-1-2-4-17(16)30-18/h1-4,11,14-15,22H,5-10,12-13H2,(H2,23,24,26,27). The topological polar surface area (TPSA) is 121 Å². The average molecular weight is 447 g/mol. The van der Waals surface area contributed by atoms with Crippen LogP contribution in [0.3, 0.4) is 0 Å². The van der Waals surface area contributed by atoms with Crippen LogP contribution < -0.4 is 15.4 Å². The maximum atomic E-state index is 12.8. The van der Waals surface area contributed by atoms with Crippen molar-refractivity contribution in [2.24, 2.45) is 5.92 Å².